The minimum atomic E-state index is -0.232. The summed E-state index contributed by atoms with van der Waals surface area (Å²) in [6.45, 7) is 5.58. The van der Waals surface area contributed by atoms with E-state index in [1.165, 1.54) is 0 Å². The van der Waals surface area contributed by atoms with Gasteiger partial charge < -0.3 is 19.7 Å². The summed E-state index contributed by atoms with van der Waals surface area (Å²) in [5.41, 5.74) is 0.366. The lowest BCUT2D eigenvalue weighted by molar-refractivity contribution is 0.0941. The second kappa shape index (κ2) is 10.4. The van der Waals surface area contributed by atoms with Gasteiger partial charge in [-0.2, -0.15) is 0 Å². The zero-order chi connectivity index (χ0) is 19.6. The third kappa shape index (κ3) is 6.44. The number of benzene rings is 1. The lowest BCUT2D eigenvalue weighted by Gasteiger charge is -2.18. The van der Waals surface area contributed by atoms with Crippen LogP contribution in [0.25, 0.3) is 0 Å². The molecule has 0 aliphatic rings. The lowest BCUT2D eigenvalue weighted by Crippen LogP contribution is -2.29. The summed E-state index contributed by atoms with van der Waals surface area (Å²) in [5, 5.41) is 2.83. The Hall–Kier alpha value is -2.83. The van der Waals surface area contributed by atoms with E-state index in [0.29, 0.717) is 24.7 Å². The van der Waals surface area contributed by atoms with Crippen LogP contribution in [0.2, 0.25) is 0 Å². The van der Waals surface area contributed by atoms with E-state index in [1.54, 1.807) is 20.1 Å². The third-order valence-electron chi connectivity index (χ3n) is 4.01. The number of nitrogens with one attached hydrogen (secondary N) is 1. The largest absolute Gasteiger partial charge is 0.497 e. The van der Waals surface area contributed by atoms with Gasteiger partial charge in [-0.3, -0.25) is 4.79 Å². The van der Waals surface area contributed by atoms with E-state index in [0.717, 1.165) is 36.7 Å². The van der Waals surface area contributed by atoms with Gasteiger partial charge in [0.25, 0.3) is 5.91 Å². The summed E-state index contributed by atoms with van der Waals surface area (Å²) in [7, 11) is 3.59. The van der Waals surface area contributed by atoms with E-state index in [9.17, 15) is 4.79 Å². The molecule has 27 heavy (non-hydrogen) atoms. The Morgan fingerprint density at radius 3 is 2.56 bits per heavy atom. The highest BCUT2D eigenvalue weighted by molar-refractivity contribution is 5.92. The van der Waals surface area contributed by atoms with Crippen LogP contribution >= 0.6 is 0 Å². The Kier molecular flexibility index (Phi) is 7.85. The second-order valence-electron chi connectivity index (χ2n) is 6.21. The lowest BCUT2D eigenvalue weighted by atomic mass is 10.3. The number of hydrogen-bond acceptors (Lipinski definition) is 6. The third-order valence-corrected chi connectivity index (χ3v) is 4.01. The van der Waals surface area contributed by atoms with Crippen LogP contribution in [-0.2, 0) is 0 Å². The van der Waals surface area contributed by atoms with Crippen molar-refractivity contribution in [3.8, 4) is 11.5 Å². The van der Waals surface area contributed by atoms with Gasteiger partial charge in [0.05, 0.1) is 13.7 Å². The van der Waals surface area contributed by atoms with Crippen LogP contribution in [0.3, 0.4) is 0 Å². The van der Waals surface area contributed by atoms with Gasteiger partial charge in [0, 0.05) is 19.7 Å². The number of rotatable bonds is 10. The maximum absolute atomic E-state index is 12.4. The standard InChI is InChI=1S/C20H28N4O3/c1-5-6-12-24(3)19-14-18(22-15(2)23-19)20(25)21-11-13-27-17-9-7-16(26-4)8-10-17/h7-10,14H,5-6,11-13H2,1-4H3,(H,21,25). The number of methoxy groups -OCH3 is 1. The van der Waals surface area contributed by atoms with Crippen LogP contribution in [0.4, 0.5) is 5.82 Å². The van der Waals surface area contributed by atoms with Crippen molar-refractivity contribution < 1.29 is 14.3 Å². The molecule has 0 saturated carbocycles. The van der Waals surface area contributed by atoms with E-state index < -0.39 is 0 Å². The van der Waals surface area contributed by atoms with Crippen molar-refractivity contribution in [1.29, 1.82) is 0 Å². The molecule has 2 rings (SSSR count). The highest BCUT2D eigenvalue weighted by atomic mass is 16.5. The van der Waals surface area contributed by atoms with Crippen molar-refractivity contribution in [3.63, 3.8) is 0 Å². The van der Waals surface area contributed by atoms with Gasteiger partial charge >= 0.3 is 0 Å². The topological polar surface area (TPSA) is 76.6 Å². The number of anilines is 1. The second-order valence-corrected chi connectivity index (χ2v) is 6.21. The highest BCUT2D eigenvalue weighted by Gasteiger charge is 2.12. The van der Waals surface area contributed by atoms with Crippen molar-refractivity contribution in [2.75, 3.05) is 38.8 Å². The Labute approximate surface area is 160 Å². The molecule has 0 spiro atoms. The summed E-state index contributed by atoms with van der Waals surface area (Å²) in [4.78, 5) is 23.1. The first-order chi connectivity index (χ1) is 13.0. The summed E-state index contributed by atoms with van der Waals surface area (Å²) in [6.07, 6.45) is 2.18. The number of carbonyl (C=O) groups excluding carboxylic acids is 1. The van der Waals surface area contributed by atoms with Crippen LogP contribution in [0.1, 0.15) is 36.1 Å². The fourth-order valence-electron chi connectivity index (χ4n) is 2.47. The molecule has 0 saturated heterocycles. The number of nitrogens with zero attached hydrogens (tertiary/aromatic N) is 3. The fourth-order valence-corrected chi connectivity index (χ4v) is 2.47. The SMILES string of the molecule is CCCCN(C)c1cc(C(=O)NCCOc2ccc(OC)cc2)nc(C)n1. The molecular weight excluding hydrogens is 344 g/mol. The molecule has 2 aromatic rings. The predicted octanol–water partition coefficient (Wildman–Crippen LogP) is 2.84. The summed E-state index contributed by atoms with van der Waals surface area (Å²) < 4.78 is 10.7. The molecule has 0 aliphatic heterocycles. The van der Waals surface area contributed by atoms with Gasteiger partial charge in [-0.15, -0.1) is 0 Å². The predicted molar refractivity (Wildman–Crippen MR) is 106 cm³/mol. The summed E-state index contributed by atoms with van der Waals surface area (Å²) in [5.74, 6) is 2.60. The molecule has 7 heteroatoms. The van der Waals surface area contributed by atoms with E-state index in [4.69, 9.17) is 9.47 Å². The molecular formula is C20H28N4O3. The molecule has 0 radical (unpaired) electrons. The van der Waals surface area contributed by atoms with Crippen molar-refractivity contribution in [1.82, 2.24) is 15.3 Å². The van der Waals surface area contributed by atoms with E-state index in [-0.39, 0.29) is 5.91 Å². The molecule has 1 aromatic carbocycles. The molecule has 0 aliphatic carbocycles. The first-order valence-corrected chi connectivity index (χ1v) is 9.15. The molecule has 7 nitrogen and oxygen atoms in total. The molecule has 1 heterocycles. The first kappa shape index (κ1) is 20.5. The number of unbranched alkanes of at least 4 members (excludes halogenated alkanes) is 1. The molecule has 0 atom stereocenters. The van der Waals surface area contributed by atoms with Crippen molar-refractivity contribution >= 4 is 11.7 Å². The minimum absolute atomic E-state index is 0.232. The Morgan fingerprint density at radius 2 is 1.89 bits per heavy atom. The normalized spacial score (nSPS) is 10.4. The molecule has 1 N–H and O–H groups in total. The Bertz CT molecular complexity index is 735. The number of carbonyl (C=O) groups is 1. The fraction of sp³-hybridized carbons (Fsp3) is 0.450. The first-order valence-electron chi connectivity index (χ1n) is 9.15. The van der Waals surface area contributed by atoms with Gasteiger partial charge in [-0.05, 0) is 37.6 Å². The smallest absolute Gasteiger partial charge is 0.270 e. The monoisotopic (exact) mass is 372 g/mol. The Balaban J connectivity index is 1.86. The average Bonchev–Trinajstić information content (AvgIpc) is 2.69. The zero-order valence-electron chi connectivity index (χ0n) is 16.5. The summed E-state index contributed by atoms with van der Waals surface area (Å²) in [6, 6.07) is 9.03. The number of aryl methyl sites for hydroxylation is 1. The van der Waals surface area contributed by atoms with Gasteiger partial charge in [0.2, 0.25) is 0 Å². The van der Waals surface area contributed by atoms with Crippen molar-refractivity contribution in [3.05, 3.63) is 41.9 Å². The summed E-state index contributed by atoms with van der Waals surface area (Å²) >= 11 is 0. The van der Waals surface area contributed by atoms with Gasteiger partial charge in [0.1, 0.15) is 35.4 Å². The van der Waals surface area contributed by atoms with Crippen LogP contribution < -0.4 is 19.7 Å². The van der Waals surface area contributed by atoms with Crippen LogP contribution in [0.5, 0.6) is 11.5 Å². The molecule has 0 unspecified atom stereocenters. The van der Waals surface area contributed by atoms with E-state index in [2.05, 4.69) is 22.2 Å². The van der Waals surface area contributed by atoms with Gasteiger partial charge in [-0.1, -0.05) is 13.3 Å². The van der Waals surface area contributed by atoms with Crippen LogP contribution in [0.15, 0.2) is 30.3 Å². The average molecular weight is 372 g/mol. The highest BCUT2D eigenvalue weighted by Crippen LogP contribution is 2.16. The minimum Gasteiger partial charge on any atom is -0.497 e. The number of aromatic nitrogens is 2. The van der Waals surface area contributed by atoms with E-state index in [1.807, 2.05) is 36.2 Å². The van der Waals surface area contributed by atoms with Crippen molar-refractivity contribution in [2.45, 2.75) is 26.7 Å². The zero-order valence-corrected chi connectivity index (χ0v) is 16.5. The molecule has 1 aromatic heterocycles. The van der Waals surface area contributed by atoms with Gasteiger partial charge in [0.15, 0.2) is 0 Å². The number of amides is 1. The molecule has 0 fully saturated rings. The maximum Gasteiger partial charge on any atom is 0.270 e. The molecule has 146 valence electrons. The van der Waals surface area contributed by atoms with Gasteiger partial charge in [-0.25, -0.2) is 9.97 Å². The Morgan fingerprint density at radius 1 is 1.19 bits per heavy atom. The molecule has 1 amide bonds. The quantitative estimate of drug-likeness (QED) is 0.646. The van der Waals surface area contributed by atoms with Crippen LogP contribution in [-0.4, -0.2) is 49.7 Å². The molecule has 0 bridgehead atoms. The number of hydrogen-bond donors (Lipinski definition) is 1. The van der Waals surface area contributed by atoms with Crippen molar-refractivity contribution in [2.24, 2.45) is 0 Å². The maximum atomic E-state index is 12.4. The van der Waals surface area contributed by atoms with E-state index >= 15 is 0 Å². The van der Waals surface area contributed by atoms with Crippen LogP contribution in [0, 0.1) is 6.92 Å². The number of ether oxygens (including phenoxy) is 2.